The Morgan fingerprint density at radius 1 is 0.850 bits per heavy atom. The Morgan fingerprint density at radius 3 is 2.15 bits per heavy atom. The zero-order chi connectivity index (χ0) is 15.2. The van der Waals surface area contributed by atoms with E-state index in [4.69, 9.17) is 0 Å². The number of allylic oxidation sites excluding steroid dienone is 2. The van der Waals surface area contributed by atoms with Crippen LogP contribution in [-0.2, 0) is 0 Å². The Morgan fingerprint density at radius 2 is 1.50 bits per heavy atom. The summed E-state index contributed by atoms with van der Waals surface area (Å²) in [4.78, 5) is 0. The maximum atomic E-state index is 2.45. The van der Waals surface area contributed by atoms with Crippen molar-refractivity contribution in [3.8, 4) is 0 Å². The highest BCUT2D eigenvalue weighted by Gasteiger charge is 2.09. The third-order valence-electron chi connectivity index (χ3n) is 4.31. The van der Waals surface area contributed by atoms with E-state index in [1.54, 1.807) is 5.57 Å². The maximum absolute atomic E-state index is 2.45. The van der Waals surface area contributed by atoms with Gasteiger partial charge in [0.25, 0.3) is 0 Å². The molecule has 0 aromatic carbocycles. The van der Waals surface area contributed by atoms with Crippen LogP contribution >= 0.6 is 0 Å². The lowest BCUT2D eigenvalue weighted by Gasteiger charge is -2.17. The zero-order valence-corrected chi connectivity index (χ0v) is 15.0. The molecule has 0 bridgehead atoms. The molecule has 0 N–H and O–H groups in total. The van der Waals surface area contributed by atoms with Crippen LogP contribution in [0.3, 0.4) is 0 Å². The van der Waals surface area contributed by atoms with Crippen LogP contribution in [0, 0.1) is 11.8 Å². The Bertz CT molecular complexity index is 226. The van der Waals surface area contributed by atoms with Gasteiger partial charge < -0.3 is 0 Å². The fourth-order valence-corrected chi connectivity index (χ4v) is 3.18. The molecule has 0 nitrogen and oxygen atoms in total. The Labute approximate surface area is 129 Å². The van der Waals surface area contributed by atoms with Crippen LogP contribution in [-0.4, -0.2) is 0 Å². The molecule has 0 aromatic rings. The number of unbranched alkanes of at least 4 members (excludes halogenated alkanes) is 6. The van der Waals surface area contributed by atoms with Gasteiger partial charge in [-0.05, 0) is 38.0 Å². The molecule has 0 heterocycles. The molecular formula is C20H40. The summed E-state index contributed by atoms with van der Waals surface area (Å²) in [7, 11) is 0. The summed E-state index contributed by atoms with van der Waals surface area (Å²) < 4.78 is 0. The van der Waals surface area contributed by atoms with Crippen LogP contribution in [0.4, 0.5) is 0 Å². The molecule has 0 spiro atoms. The van der Waals surface area contributed by atoms with E-state index in [2.05, 4.69) is 40.7 Å². The second-order valence-corrected chi connectivity index (χ2v) is 7.05. The first-order valence-corrected chi connectivity index (χ1v) is 9.25. The van der Waals surface area contributed by atoms with Crippen molar-refractivity contribution in [2.45, 2.75) is 105 Å². The van der Waals surface area contributed by atoms with E-state index < -0.39 is 0 Å². The predicted molar refractivity (Wildman–Crippen MR) is 94.2 cm³/mol. The molecule has 120 valence electrons. The Balaban J connectivity index is 3.61. The third-order valence-corrected chi connectivity index (χ3v) is 4.31. The van der Waals surface area contributed by atoms with Gasteiger partial charge in [0.2, 0.25) is 0 Å². The highest BCUT2D eigenvalue weighted by Crippen LogP contribution is 2.23. The number of hydrogen-bond acceptors (Lipinski definition) is 0. The largest absolute Gasteiger partial charge is 0.0856 e. The quantitative estimate of drug-likeness (QED) is 0.241. The van der Waals surface area contributed by atoms with Crippen molar-refractivity contribution in [3.05, 3.63) is 11.6 Å². The lowest BCUT2D eigenvalue weighted by atomic mass is 9.89. The van der Waals surface area contributed by atoms with E-state index in [-0.39, 0.29) is 0 Å². The van der Waals surface area contributed by atoms with Gasteiger partial charge >= 0.3 is 0 Å². The SMILES string of the molecule is CCCC=C(C)CC(C)CC(C)CCCCCCCC. The molecule has 0 aliphatic rings. The summed E-state index contributed by atoms with van der Waals surface area (Å²) in [6, 6.07) is 0. The van der Waals surface area contributed by atoms with Gasteiger partial charge in [-0.25, -0.2) is 0 Å². The lowest BCUT2D eigenvalue weighted by molar-refractivity contribution is 0.378. The van der Waals surface area contributed by atoms with E-state index in [1.165, 1.54) is 70.6 Å². The molecule has 0 saturated carbocycles. The zero-order valence-electron chi connectivity index (χ0n) is 15.0. The van der Waals surface area contributed by atoms with Gasteiger partial charge in [-0.2, -0.15) is 0 Å². The molecule has 20 heavy (non-hydrogen) atoms. The van der Waals surface area contributed by atoms with E-state index in [0.29, 0.717) is 0 Å². The Kier molecular flexibility index (Phi) is 13.5. The normalized spacial score (nSPS) is 15.3. The second-order valence-electron chi connectivity index (χ2n) is 7.05. The minimum absolute atomic E-state index is 0.859. The smallest absolute Gasteiger partial charge is 0.0297 e. The maximum Gasteiger partial charge on any atom is -0.0297 e. The topological polar surface area (TPSA) is 0 Å². The standard InChI is InChI=1S/C20H40/c1-6-8-10-11-12-13-15-19(4)17-20(5)16-18(3)14-9-7-2/h14,19-20H,6-13,15-17H2,1-5H3. The molecule has 0 aliphatic carbocycles. The van der Waals surface area contributed by atoms with Crippen LogP contribution in [0.15, 0.2) is 11.6 Å². The van der Waals surface area contributed by atoms with Gasteiger partial charge in [0, 0.05) is 0 Å². The van der Waals surface area contributed by atoms with Crippen molar-refractivity contribution in [2.24, 2.45) is 11.8 Å². The van der Waals surface area contributed by atoms with Gasteiger partial charge in [0.15, 0.2) is 0 Å². The van der Waals surface area contributed by atoms with Crippen molar-refractivity contribution >= 4 is 0 Å². The number of rotatable bonds is 13. The van der Waals surface area contributed by atoms with E-state index in [9.17, 15) is 0 Å². The fraction of sp³-hybridized carbons (Fsp3) is 0.900. The first-order chi connectivity index (χ1) is 9.60. The summed E-state index contributed by atoms with van der Waals surface area (Å²) in [5, 5.41) is 0. The van der Waals surface area contributed by atoms with Gasteiger partial charge in [-0.1, -0.05) is 90.7 Å². The first kappa shape index (κ1) is 19.7. The average molecular weight is 281 g/mol. The molecule has 2 unspecified atom stereocenters. The molecule has 0 saturated heterocycles. The lowest BCUT2D eigenvalue weighted by Crippen LogP contribution is -2.04. The van der Waals surface area contributed by atoms with E-state index in [0.717, 1.165) is 11.8 Å². The highest BCUT2D eigenvalue weighted by molar-refractivity contribution is 4.98. The number of hydrogen-bond donors (Lipinski definition) is 0. The fourth-order valence-electron chi connectivity index (χ4n) is 3.18. The van der Waals surface area contributed by atoms with Crippen molar-refractivity contribution in [1.82, 2.24) is 0 Å². The van der Waals surface area contributed by atoms with E-state index in [1.807, 2.05) is 0 Å². The van der Waals surface area contributed by atoms with Crippen LogP contribution in [0.5, 0.6) is 0 Å². The minimum Gasteiger partial charge on any atom is -0.0856 e. The molecule has 0 aliphatic heterocycles. The highest BCUT2D eigenvalue weighted by atomic mass is 14.1. The predicted octanol–water partition coefficient (Wildman–Crippen LogP) is 7.54. The molecule has 0 amide bonds. The van der Waals surface area contributed by atoms with Crippen molar-refractivity contribution in [2.75, 3.05) is 0 Å². The summed E-state index contributed by atoms with van der Waals surface area (Å²) in [5.41, 5.74) is 1.60. The molecule has 0 aromatic heterocycles. The van der Waals surface area contributed by atoms with Gasteiger partial charge in [0.05, 0.1) is 0 Å². The summed E-state index contributed by atoms with van der Waals surface area (Å²) in [6.07, 6.45) is 17.7. The third kappa shape index (κ3) is 12.8. The van der Waals surface area contributed by atoms with Gasteiger partial charge in [-0.3, -0.25) is 0 Å². The van der Waals surface area contributed by atoms with Crippen molar-refractivity contribution in [1.29, 1.82) is 0 Å². The van der Waals surface area contributed by atoms with Crippen molar-refractivity contribution < 1.29 is 0 Å². The summed E-state index contributed by atoms with van der Waals surface area (Å²) in [5.74, 6) is 1.77. The molecule has 0 fully saturated rings. The molecule has 0 rings (SSSR count). The minimum atomic E-state index is 0.859. The Hall–Kier alpha value is -0.260. The van der Waals surface area contributed by atoms with Gasteiger partial charge in [-0.15, -0.1) is 0 Å². The van der Waals surface area contributed by atoms with E-state index >= 15 is 0 Å². The van der Waals surface area contributed by atoms with Crippen LogP contribution in [0.25, 0.3) is 0 Å². The summed E-state index contributed by atoms with van der Waals surface area (Å²) >= 11 is 0. The molecule has 0 heteroatoms. The molecule has 0 radical (unpaired) electrons. The van der Waals surface area contributed by atoms with Gasteiger partial charge in [0.1, 0.15) is 0 Å². The first-order valence-electron chi connectivity index (χ1n) is 9.25. The van der Waals surface area contributed by atoms with Crippen LogP contribution in [0.1, 0.15) is 105 Å². The average Bonchev–Trinajstić information content (AvgIpc) is 2.40. The monoisotopic (exact) mass is 280 g/mol. The molecular weight excluding hydrogens is 240 g/mol. The summed E-state index contributed by atoms with van der Waals surface area (Å²) in [6.45, 7) is 11.7. The van der Waals surface area contributed by atoms with Crippen LogP contribution < -0.4 is 0 Å². The molecule has 2 atom stereocenters. The van der Waals surface area contributed by atoms with Crippen LogP contribution in [0.2, 0.25) is 0 Å². The van der Waals surface area contributed by atoms with Crippen molar-refractivity contribution in [3.63, 3.8) is 0 Å². The second kappa shape index (κ2) is 13.7.